The Hall–Kier alpha value is -3.48. The van der Waals surface area contributed by atoms with Crippen LogP contribution in [0.15, 0.2) is 64.3 Å². The molecule has 7 heteroatoms. The van der Waals surface area contributed by atoms with Gasteiger partial charge in [-0.2, -0.15) is 0 Å². The lowest BCUT2D eigenvalue weighted by atomic mass is 10.1. The summed E-state index contributed by atoms with van der Waals surface area (Å²) in [7, 11) is 0. The molecule has 4 rings (SSSR count). The number of hydrogen-bond donors (Lipinski definition) is 2. The van der Waals surface area contributed by atoms with Crippen molar-refractivity contribution < 1.29 is 4.79 Å². The molecule has 2 aromatic heterocycles. The third-order valence-corrected chi connectivity index (χ3v) is 4.98. The molecule has 1 aliphatic rings. The molecule has 0 bridgehead atoms. The van der Waals surface area contributed by atoms with Gasteiger partial charge in [-0.05, 0) is 24.1 Å². The Morgan fingerprint density at radius 3 is 2.75 bits per heavy atom. The Morgan fingerprint density at radius 1 is 1.14 bits per heavy atom. The maximum Gasteiger partial charge on any atom is 0.257 e. The van der Waals surface area contributed by atoms with Gasteiger partial charge in [-0.15, -0.1) is 0 Å². The van der Waals surface area contributed by atoms with Crippen molar-refractivity contribution in [3.05, 3.63) is 86.8 Å². The summed E-state index contributed by atoms with van der Waals surface area (Å²) < 4.78 is 0. The number of carbonyl (C=O) groups is 1. The lowest BCUT2D eigenvalue weighted by Gasteiger charge is -2.16. The molecule has 142 valence electrons. The number of likely N-dealkylation sites (tertiary alicyclic amines) is 1. The quantitative estimate of drug-likeness (QED) is 0.724. The van der Waals surface area contributed by atoms with Crippen molar-refractivity contribution in [3.63, 3.8) is 0 Å². The molecule has 2 N–H and O–H groups in total. The number of rotatable bonds is 4. The minimum atomic E-state index is -0.308. The predicted molar refractivity (Wildman–Crippen MR) is 105 cm³/mol. The van der Waals surface area contributed by atoms with Gasteiger partial charge in [-0.25, -0.2) is 4.98 Å². The van der Waals surface area contributed by atoms with Crippen molar-refractivity contribution in [1.82, 2.24) is 19.9 Å². The minimum Gasteiger partial charge on any atom is -0.342 e. The Morgan fingerprint density at radius 2 is 1.96 bits per heavy atom. The zero-order chi connectivity index (χ0) is 19.5. The first-order chi connectivity index (χ1) is 13.6. The molecule has 0 spiro atoms. The largest absolute Gasteiger partial charge is 0.342 e. The molecule has 1 aromatic carbocycles. The molecule has 3 heterocycles. The monoisotopic (exact) mass is 376 g/mol. The average molecular weight is 376 g/mol. The van der Waals surface area contributed by atoms with Crippen molar-refractivity contribution in [2.75, 3.05) is 13.1 Å². The van der Waals surface area contributed by atoms with Crippen LogP contribution in [0.1, 0.15) is 23.7 Å². The van der Waals surface area contributed by atoms with E-state index in [-0.39, 0.29) is 22.9 Å². The highest BCUT2D eigenvalue weighted by Crippen LogP contribution is 2.25. The number of amides is 1. The van der Waals surface area contributed by atoms with Crippen LogP contribution in [-0.4, -0.2) is 38.8 Å². The van der Waals surface area contributed by atoms with Crippen LogP contribution < -0.4 is 11.1 Å². The van der Waals surface area contributed by atoms with Crippen LogP contribution in [0.4, 0.5) is 0 Å². The topological polar surface area (TPSA) is 98.9 Å². The van der Waals surface area contributed by atoms with Crippen LogP contribution in [0.5, 0.6) is 0 Å². The number of aromatic nitrogens is 3. The average Bonchev–Trinajstić information content (AvgIpc) is 3.19. The van der Waals surface area contributed by atoms with Crippen LogP contribution in [-0.2, 0) is 11.2 Å². The van der Waals surface area contributed by atoms with E-state index in [1.807, 2.05) is 30.3 Å². The number of H-pyrrole nitrogens is 2. The van der Waals surface area contributed by atoms with Gasteiger partial charge in [0.15, 0.2) is 0 Å². The highest BCUT2D eigenvalue weighted by atomic mass is 16.2. The predicted octanol–water partition coefficient (Wildman–Crippen LogP) is 1.68. The zero-order valence-electron chi connectivity index (χ0n) is 15.2. The summed E-state index contributed by atoms with van der Waals surface area (Å²) in [5.41, 5.74) is 1.07. The number of hydrogen-bond acceptors (Lipinski definition) is 4. The number of nitrogens with zero attached hydrogens (tertiary/aromatic N) is 2. The Bertz CT molecular complexity index is 1100. The van der Waals surface area contributed by atoms with Gasteiger partial charge in [0.25, 0.3) is 11.1 Å². The van der Waals surface area contributed by atoms with Gasteiger partial charge in [0, 0.05) is 31.3 Å². The van der Waals surface area contributed by atoms with Crippen molar-refractivity contribution >= 4 is 5.91 Å². The van der Waals surface area contributed by atoms with Gasteiger partial charge in [0.2, 0.25) is 5.91 Å². The molecule has 1 atom stereocenters. The van der Waals surface area contributed by atoms with Gasteiger partial charge in [-0.3, -0.25) is 14.4 Å². The van der Waals surface area contributed by atoms with Crippen LogP contribution >= 0.6 is 0 Å². The fourth-order valence-electron chi connectivity index (χ4n) is 3.52. The van der Waals surface area contributed by atoms with Gasteiger partial charge >= 0.3 is 0 Å². The van der Waals surface area contributed by atoms with Crippen molar-refractivity contribution in [2.45, 2.75) is 18.8 Å². The molecule has 1 amide bonds. The molecule has 7 nitrogen and oxygen atoms in total. The summed E-state index contributed by atoms with van der Waals surface area (Å²) >= 11 is 0. The second kappa shape index (κ2) is 7.64. The number of nitrogens with one attached hydrogen (secondary N) is 2. The van der Waals surface area contributed by atoms with Gasteiger partial charge in [0.1, 0.15) is 5.82 Å². The summed E-state index contributed by atoms with van der Waals surface area (Å²) in [5, 5.41) is 0. The van der Waals surface area contributed by atoms with E-state index >= 15 is 0 Å². The third kappa shape index (κ3) is 3.78. The number of aromatic amines is 2. The fourth-order valence-corrected chi connectivity index (χ4v) is 3.52. The molecular weight excluding hydrogens is 356 g/mol. The summed E-state index contributed by atoms with van der Waals surface area (Å²) in [6, 6.07) is 14.3. The maximum absolute atomic E-state index is 12.6. The molecule has 0 saturated carbocycles. The molecule has 28 heavy (non-hydrogen) atoms. The van der Waals surface area contributed by atoms with Crippen molar-refractivity contribution in [2.24, 2.45) is 0 Å². The molecule has 0 radical (unpaired) electrons. The fraction of sp³-hybridized carbons (Fsp3) is 0.238. The Labute approximate surface area is 161 Å². The maximum atomic E-state index is 12.6. The van der Waals surface area contributed by atoms with Crippen LogP contribution in [0, 0.1) is 0 Å². The van der Waals surface area contributed by atoms with Crippen LogP contribution in [0.2, 0.25) is 0 Å². The highest BCUT2D eigenvalue weighted by molar-refractivity contribution is 5.79. The SMILES string of the molecule is O=C(Cc1ccccc1)N1CCC(c2nc(-c3ccc[nH]c3=O)cc(=O)[nH]2)C1. The Kier molecular flexibility index (Phi) is 4.89. The highest BCUT2D eigenvalue weighted by Gasteiger charge is 2.29. The van der Waals surface area contributed by atoms with E-state index in [0.717, 1.165) is 12.0 Å². The molecule has 1 saturated heterocycles. The standard InChI is InChI=1S/C21H20N4O3/c26-18-12-17(16-7-4-9-22-21(16)28)23-20(24-18)15-8-10-25(13-15)19(27)11-14-5-2-1-3-6-14/h1-7,9,12,15H,8,10-11,13H2,(H,22,28)(H,23,24,26). The van der Waals surface area contributed by atoms with Crippen LogP contribution in [0.3, 0.4) is 0 Å². The van der Waals surface area contributed by atoms with Gasteiger partial charge in [0.05, 0.1) is 17.7 Å². The normalized spacial score (nSPS) is 16.3. The first-order valence-corrected chi connectivity index (χ1v) is 9.21. The molecule has 1 fully saturated rings. The van der Waals surface area contributed by atoms with E-state index in [2.05, 4.69) is 15.0 Å². The van der Waals surface area contributed by atoms with E-state index in [0.29, 0.717) is 36.6 Å². The first kappa shape index (κ1) is 17.9. The minimum absolute atomic E-state index is 0.0600. The smallest absolute Gasteiger partial charge is 0.257 e. The molecule has 1 unspecified atom stereocenters. The first-order valence-electron chi connectivity index (χ1n) is 9.21. The van der Waals surface area contributed by atoms with Crippen molar-refractivity contribution in [3.8, 4) is 11.3 Å². The second-order valence-electron chi connectivity index (χ2n) is 6.92. The number of carbonyl (C=O) groups excluding carboxylic acids is 1. The van der Waals surface area contributed by atoms with E-state index in [4.69, 9.17) is 0 Å². The lowest BCUT2D eigenvalue weighted by Crippen LogP contribution is -2.30. The number of pyridine rings is 1. The van der Waals surface area contributed by atoms with E-state index in [1.54, 1.807) is 17.0 Å². The summed E-state index contributed by atoms with van der Waals surface area (Å²) in [6.45, 7) is 1.12. The van der Waals surface area contributed by atoms with Gasteiger partial charge in [-0.1, -0.05) is 30.3 Å². The summed E-state index contributed by atoms with van der Waals surface area (Å²) in [4.78, 5) is 48.4. The molecule has 3 aromatic rings. The molecule has 0 aliphatic carbocycles. The molecular formula is C21H20N4O3. The Balaban J connectivity index is 1.53. The lowest BCUT2D eigenvalue weighted by molar-refractivity contribution is -0.129. The van der Waals surface area contributed by atoms with Gasteiger partial charge < -0.3 is 14.9 Å². The third-order valence-electron chi connectivity index (χ3n) is 4.98. The second-order valence-corrected chi connectivity index (χ2v) is 6.92. The summed E-state index contributed by atoms with van der Waals surface area (Å²) in [6.07, 6.45) is 2.61. The van der Waals surface area contributed by atoms with Crippen molar-refractivity contribution in [1.29, 1.82) is 0 Å². The molecule has 1 aliphatic heterocycles. The van der Waals surface area contributed by atoms with E-state index in [1.165, 1.54) is 12.3 Å². The van der Waals surface area contributed by atoms with Crippen LogP contribution in [0.25, 0.3) is 11.3 Å². The summed E-state index contributed by atoms with van der Waals surface area (Å²) in [5.74, 6) is 0.516. The number of benzene rings is 1. The van der Waals surface area contributed by atoms with E-state index in [9.17, 15) is 14.4 Å². The zero-order valence-corrected chi connectivity index (χ0v) is 15.2. The van der Waals surface area contributed by atoms with E-state index < -0.39 is 0 Å².